The maximum Gasteiger partial charge on any atom is 0.417 e. The lowest BCUT2D eigenvalue weighted by Crippen LogP contribution is -2.43. The largest absolute Gasteiger partial charge is 0.466 e. The van der Waals surface area contributed by atoms with Crippen LogP contribution < -0.4 is 5.32 Å². The van der Waals surface area contributed by atoms with Crippen LogP contribution in [0.15, 0.2) is 18.2 Å². The molecule has 1 atom stereocenters. The standard InChI is InChI=1S/C17H20ClF3N2O3/c1-2-26-16(25)11-4-3-7-23(9-11)10-15(24)22-12-5-6-14(18)13(8-12)17(19,20)21/h5-6,8,11H,2-4,7,9-10H2,1H3,(H,22,24)/t11-/m0/s1. The molecule has 1 aromatic rings. The molecule has 0 unspecified atom stereocenters. The number of nitrogens with one attached hydrogen (secondary N) is 1. The van der Waals surface area contributed by atoms with Gasteiger partial charge in [-0.1, -0.05) is 11.6 Å². The maximum absolute atomic E-state index is 12.9. The summed E-state index contributed by atoms with van der Waals surface area (Å²) in [5.41, 5.74) is -0.983. The number of esters is 1. The number of anilines is 1. The molecule has 2 rings (SSSR count). The van der Waals surface area contributed by atoms with Crippen LogP contribution in [0.4, 0.5) is 18.9 Å². The Bertz CT molecular complexity index is 667. The summed E-state index contributed by atoms with van der Waals surface area (Å²) in [5.74, 6) is -1.03. The summed E-state index contributed by atoms with van der Waals surface area (Å²) >= 11 is 5.56. The molecule has 9 heteroatoms. The summed E-state index contributed by atoms with van der Waals surface area (Å²) in [6.07, 6.45) is -3.16. The van der Waals surface area contributed by atoms with E-state index >= 15 is 0 Å². The fourth-order valence-corrected chi connectivity index (χ4v) is 3.10. The molecule has 1 fully saturated rings. The SMILES string of the molecule is CCOC(=O)[C@H]1CCCN(CC(=O)Nc2ccc(Cl)c(C(F)(F)F)c2)C1. The zero-order valence-corrected chi connectivity index (χ0v) is 15.0. The third-order valence-corrected chi connectivity index (χ3v) is 4.38. The average molecular weight is 393 g/mol. The van der Waals surface area contributed by atoms with E-state index in [4.69, 9.17) is 16.3 Å². The van der Waals surface area contributed by atoms with Gasteiger partial charge in [-0.15, -0.1) is 0 Å². The van der Waals surface area contributed by atoms with Gasteiger partial charge in [0, 0.05) is 12.2 Å². The fraction of sp³-hybridized carbons (Fsp3) is 0.529. The normalized spacial score (nSPS) is 18.4. The second kappa shape index (κ2) is 8.73. The Morgan fingerprint density at radius 1 is 1.38 bits per heavy atom. The number of hydrogen-bond acceptors (Lipinski definition) is 4. The van der Waals surface area contributed by atoms with Crippen molar-refractivity contribution >= 4 is 29.2 Å². The van der Waals surface area contributed by atoms with Crippen molar-refractivity contribution in [3.8, 4) is 0 Å². The molecule has 1 saturated heterocycles. The van der Waals surface area contributed by atoms with Crippen LogP contribution in [0, 0.1) is 5.92 Å². The van der Waals surface area contributed by atoms with Crippen LogP contribution in [-0.2, 0) is 20.5 Å². The molecule has 26 heavy (non-hydrogen) atoms. The highest BCUT2D eigenvalue weighted by atomic mass is 35.5. The molecule has 1 aliphatic heterocycles. The van der Waals surface area contributed by atoms with Crippen LogP contribution in [0.25, 0.3) is 0 Å². The van der Waals surface area contributed by atoms with Crippen molar-refractivity contribution < 1.29 is 27.5 Å². The van der Waals surface area contributed by atoms with Gasteiger partial charge in [0.1, 0.15) is 0 Å². The fourth-order valence-electron chi connectivity index (χ4n) is 2.88. The second-order valence-corrected chi connectivity index (χ2v) is 6.47. The van der Waals surface area contributed by atoms with Gasteiger partial charge in [0.05, 0.1) is 29.7 Å². The Morgan fingerprint density at radius 3 is 2.77 bits per heavy atom. The van der Waals surface area contributed by atoms with Crippen molar-refractivity contribution in [1.82, 2.24) is 4.90 Å². The summed E-state index contributed by atoms with van der Waals surface area (Å²) in [5, 5.41) is 2.02. The predicted octanol–water partition coefficient (Wildman–Crippen LogP) is 3.57. The first-order chi connectivity index (χ1) is 12.2. The predicted molar refractivity (Wildman–Crippen MR) is 90.9 cm³/mol. The number of halogens is 4. The van der Waals surface area contributed by atoms with E-state index in [0.717, 1.165) is 18.6 Å². The van der Waals surface area contributed by atoms with Crippen molar-refractivity contribution in [2.75, 3.05) is 31.6 Å². The molecular weight excluding hydrogens is 373 g/mol. The van der Waals surface area contributed by atoms with Crippen molar-refractivity contribution in [2.45, 2.75) is 25.9 Å². The monoisotopic (exact) mass is 392 g/mol. The summed E-state index contributed by atoms with van der Waals surface area (Å²) in [4.78, 5) is 25.8. The molecule has 0 saturated carbocycles. The van der Waals surface area contributed by atoms with E-state index in [9.17, 15) is 22.8 Å². The number of ether oxygens (including phenoxy) is 1. The van der Waals surface area contributed by atoms with Gasteiger partial charge in [0.15, 0.2) is 0 Å². The van der Waals surface area contributed by atoms with Gasteiger partial charge in [-0.25, -0.2) is 0 Å². The first-order valence-corrected chi connectivity index (χ1v) is 8.64. The zero-order valence-electron chi connectivity index (χ0n) is 14.2. The molecule has 1 aliphatic rings. The van der Waals surface area contributed by atoms with Crippen LogP contribution >= 0.6 is 11.6 Å². The number of benzene rings is 1. The third kappa shape index (κ3) is 5.60. The molecular formula is C17H20ClF3N2O3. The van der Waals surface area contributed by atoms with E-state index in [1.807, 2.05) is 0 Å². The summed E-state index contributed by atoms with van der Waals surface area (Å²) in [7, 11) is 0. The number of alkyl halides is 3. The van der Waals surface area contributed by atoms with Gasteiger partial charge in [-0.05, 0) is 44.5 Å². The van der Waals surface area contributed by atoms with Crippen LogP contribution in [0.5, 0.6) is 0 Å². The Hall–Kier alpha value is -1.80. The highest BCUT2D eigenvalue weighted by Gasteiger charge is 2.33. The number of likely N-dealkylation sites (tertiary alicyclic amines) is 1. The van der Waals surface area contributed by atoms with Gasteiger partial charge < -0.3 is 10.1 Å². The average Bonchev–Trinajstić information content (AvgIpc) is 2.56. The molecule has 5 nitrogen and oxygen atoms in total. The van der Waals surface area contributed by atoms with Crippen molar-refractivity contribution in [1.29, 1.82) is 0 Å². The smallest absolute Gasteiger partial charge is 0.417 e. The van der Waals surface area contributed by atoms with Gasteiger partial charge in [-0.3, -0.25) is 14.5 Å². The summed E-state index contributed by atoms with van der Waals surface area (Å²) < 4.78 is 43.6. The summed E-state index contributed by atoms with van der Waals surface area (Å²) in [6, 6.07) is 3.21. The van der Waals surface area contributed by atoms with E-state index < -0.39 is 22.7 Å². The summed E-state index contributed by atoms with van der Waals surface area (Å²) in [6.45, 7) is 3.04. The van der Waals surface area contributed by atoms with E-state index in [1.54, 1.807) is 11.8 Å². The minimum atomic E-state index is -4.60. The van der Waals surface area contributed by atoms with E-state index in [1.165, 1.54) is 6.07 Å². The van der Waals surface area contributed by atoms with Crippen LogP contribution in [0.3, 0.4) is 0 Å². The Balaban J connectivity index is 1.95. The van der Waals surface area contributed by atoms with Gasteiger partial charge in [0.2, 0.25) is 5.91 Å². The molecule has 0 spiro atoms. The number of hydrogen-bond donors (Lipinski definition) is 1. The highest BCUT2D eigenvalue weighted by molar-refractivity contribution is 6.31. The Labute approximate surface area is 154 Å². The lowest BCUT2D eigenvalue weighted by Gasteiger charge is -2.30. The van der Waals surface area contributed by atoms with Crippen LogP contribution in [0.1, 0.15) is 25.3 Å². The van der Waals surface area contributed by atoms with Crippen molar-refractivity contribution in [3.05, 3.63) is 28.8 Å². The minimum absolute atomic E-state index is 0.0140. The molecule has 1 N–H and O–H groups in total. The Morgan fingerprint density at radius 2 is 2.12 bits per heavy atom. The number of nitrogens with zero attached hydrogens (tertiary/aromatic N) is 1. The molecule has 0 aliphatic carbocycles. The third-order valence-electron chi connectivity index (χ3n) is 4.05. The number of carbonyl (C=O) groups excluding carboxylic acids is 2. The molecule has 1 amide bonds. The van der Waals surface area contributed by atoms with Gasteiger partial charge >= 0.3 is 12.1 Å². The molecule has 0 radical (unpaired) electrons. The first-order valence-electron chi connectivity index (χ1n) is 8.26. The quantitative estimate of drug-likeness (QED) is 0.778. The lowest BCUT2D eigenvalue weighted by molar-refractivity contribution is -0.150. The van der Waals surface area contributed by atoms with E-state index in [-0.39, 0.29) is 24.1 Å². The molecule has 0 aromatic heterocycles. The van der Waals surface area contributed by atoms with Crippen LogP contribution in [-0.4, -0.2) is 43.0 Å². The number of piperidine rings is 1. The van der Waals surface area contributed by atoms with Gasteiger partial charge in [0.25, 0.3) is 0 Å². The van der Waals surface area contributed by atoms with Gasteiger partial charge in [-0.2, -0.15) is 13.2 Å². The molecule has 1 aromatic carbocycles. The van der Waals surface area contributed by atoms with Crippen LogP contribution in [0.2, 0.25) is 5.02 Å². The minimum Gasteiger partial charge on any atom is -0.466 e. The van der Waals surface area contributed by atoms with E-state index in [0.29, 0.717) is 26.1 Å². The molecule has 0 bridgehead atoms. The molecule has 1 heterocycles. The van der Waals surface area contributed by atoms with Crippen molar-refractivity contribution in [2.24, 2.45) is 5.92 Å². The second-order valence-electron chi connectivity index (χ2n) is 6.07. The number of carbonyl (C=O) groups is 2. The lowest BCUT2D eigenvalue weighted by atomic mass is 9.98. The highest BCUT2D eigenvalue weighted by Crippen LogP contribution is 2.36. The topological polar surface area (TPSA) is 58.6 Å². The Kier molecular flexibility index (Phi) is 6.88. The zero-order chi connectivity index (χ0) is 19.3. The number of rotatable bonds is 5. The molecule has 144 valence electrons. The maximum atomic E-state index is 12.9. The first kappa shape index (κ1) is 20.5. The van der Waals surface area contributed by atoms with Crippen molar-refractivity contribution in [3.63, 3.8) is 0 Å². The number of amides is 1. The van der Waals surface area contributed by atoms with E-state index in [2.05, 4.69) is 5.32 Å².